The van der Waals surface area contributed by atoms with Gasteiger partial charge in [-0.25, -0.2) is 13.2 Å². The fourth-order valence-electron chi connectivity index (χ4n) is 2.20. The first-order valence-electron chi connectivity index (χ1n) is 6.55. The van der Waals surface area contributed by atoms with Crippen LogP contribution in [0.25, 0.3) is 11.1 Å². The number of oxazole rings is 1. The van der Waals surface area contributed by atoms with E-state index < -0.39 is 15.8 Å². The van der Waals surface area contributed by atoms with E-state index >= 15 is 0 Å². The SMILES string of the molecule is CN(c1ccccc1)S(=O)(=O)c1ccc2oc(=O)n(C)c2c1. The van der Waals surface area contributed by atoms with Crippen LogP contribution in [-0.2, 0) is 17.1 Å². The molecule has 0 atom stereocenters. The van der Waals surface area contributed by atoms with Gasteiger partial charge >= 0.3 is 5.76 Å². The number of hydrogen-bond acceptors (Lipinski definition) is 4. The van der Waals surface area contributed by atoms with Crippen LogP contribution < -0.4 is 10.1 Å². The molecule has 0 aliphatic carbocycles. The van der Waals surface area contributed by atoms with Crippen molar-refractivity contribution in [2.75, 3.05) is 11.4 Å². The quantitative estimate of drug-likeness (QED) is 0.740. The fourth-order valence-corrected chi connectivity index (χ4v) is 3.42. The van der Waals surface area contributed by atoms with E-state index in [9.17, 15) is 13.2 Å². The molecule has 0 aliphatic heterocycles. The Morgan fingerprint density at radius 2 is 1.77 bits per heavy atom. The largest absolute Gasteiger partial charge is 0.419 e. The van der Waals surface area contributed by atoms with Gasteiger partial charge in [0.15, 0.2) is 5.58 Å². The summed E-state index contributed by atoms with van der Waals surface area (Å²) in [5.74, 6) is -0.527. The molecular formula is C15H14N2O4S. The summed E-state index contributed by atoms with van der Waals surface area (Å²) in [5, 5.41) is 0. The number of nitrogens with zero attached hydrogens (tertiary/aromatic N) is 2. The maximum atomic E-state index is 12.7. The van der Waals surface area contributed by atoms with E-state index in [1.165, 1.54) is 41.2 Å². The third kappa shape index (κ3) is 2.19. The van der Waals surface area contributed by atoms with Crippen molar-refractivity contribution in [3.05, 3.63) is 59.1 Å². The minimum Gasteiger partial charge on any atom is -0.408 e. The van der Waals surface area contributed by atoms with Crippen LogP contribution in [0.4, 0.5) is 5.69 Å². The van der Waals surface area contributed by atoms with Gasteiger partial charge in [0.1, 0.15) is 0 Å². The highest BCUT2D eigenvalue weighted by molar-refractivity contribution is 7.92. The van der Waals surface area contributed by atoms with E-state index in [1.54, 1.807) is 24.3 Å². The second-order valence-corrected chi connectivity index (χ2v) is 6.83. The zero-order valence-electron chi connectivity index (χ0n) is 12.1. The molecule has 0 radical (unpaired) electrons. The molecule has 0 unspecified atom stereocenters. The van der Waals surface area contributed by atoms with Crippen molar-refractivity contribution >= 4 is 26.8 Å². The number of aromatic nitrogens is 1. The number of sulfonamides is 1. The van der Waals surface area contributed by atoms with Crippen molar-refractivity contribution in [3.63, 3.8) is 0 Å². The van der Waals surface area contributed by atoms with E-state index in [0.29, 0.717) is 16.8 Å². The normalized spacial score (nSPS) is 11.7. The lowest BCUT2D eigenvalue weighted by molar-refractivity contribution is 0.528. The lowest BCUT2D eigenvalue weighted by Gasteiger charge is -2.19. The smallest absolute Gasteiger partial charge is 0.408 e. The minimum absolute atomic E-state index is 0.0998. The second-order valence-electron chi connectivity index (χ2n) is 4.86. The highest BCUT2D eigenvalue weighted by Gasteiger charge is 2.22. The topological polar surface area (TPSA) is 72.5 Å². The molecule has 3 rings (SSSR count). The molecule has 0 amide bonds. The average Bonchev–Trinajstić information content (AvgIpc) is 2.82. The molecule has 0 spiro atoms. The van der Waals surface area contributed by atoms with Crippen molar-refractivity contribution in [1.82, 2.24) is 4.57 Å². The van der Waals surface area contributed by atoms with Gasteiger partial charge in [-0.2, -0.15) is 0 Å². The summed E-state index contributed by atoms with van der Waals surface area (Å²) in [7, 11) is -0.692. The molecule has 0 N–H and O–H groups in total. The van der Waals surface area contributed by atoms with E-state index in [2.05, 4.69) is 0 Å². The molecule has 1 heterocycles. The molecule has 2 aromatic carbocycles. The summed E-state index contributed by atoms with van der Waals surface area (Å²) >= 11 is 0. The summed E-state index contributed by atoms with van der Waals surface area (Å²) in [6.07, 6.45) is 0. The van der Waals surface area contributed by atoms with Crippen LogP contribution in [0.15, 0.2) is 62.6 Å². The van der Waals surface area contributed by atoms with Gasteiger partial charge in [0.05, 0.1) is 16.1 Å². The van der Waals surface area contributed by atoms with Crippen LogP contribution in [0.1, 0.15) is 0 Å². The minimum atomic E-state index is -3.71. The Morgan fingerprint density at radius 3 is 2.45 bits per heavy atom. The van der Waals surface area contributed by atoms with Gasteiger partial charge in [-0.1, -0.05) is 18.2 Å². The zero-order valence-corrected chi connectivity index (χ0v) is 12.9. The predicted molar refractivity (Wildman–Crippen MR) is 83.5 cm³/mol. The number of rotatable bonds is 3. The maximum absolute atomic E-state index is 12.7. The Morgan fingerprint density at radius 1 is 1.09 bits per heavy atom. The Bertz CT molecular complexity index is 987. The third-order valence-electron chi connectivity index (χ3n) is 3.54. The molecule has 0 saturated heterocycles. The van der Waals surface area contributed by atoms with Gasteiger partial charge in [-0.05, 0) is 30.3 Å². The Kier molecular flexibility index (Phi) is 3.29. The summed E-state index contributed by atoms with van der Waals surface area (Å²) in [6, 6.07) is 13.1. The number of benzene rings is 2. The van der Waals surface area contributed by atoms with Crippen LogP contribution in [0, 0.1) is 0 Å². The summed E-state index contributed by atoms with van der Waals surface area (Å²) in [6.45, 7) is 0. The highest BCUT2D eigenvalue weighted by atomic mass is 32.2. The van der Waals surface area contributed by atoms with Crippen LogP contribution >= 0.6 is 0 Å². The van der Waals surface area contributed by atoms with E-state index in [4.69, 9.17) is 4.42 Å². The molecule has 3 aromatic rings. The number of para-hydroxylation sites is 1. The average molecular weight is 318 g/mol. The van der Waals surface area contributed by atoms with Crippen molar-refractivity contribution in [2.24, 2.45) is 7.05 Å². The molecule has 0 bridgehead atoms. The molecule has 0 fully saturated rings. The van der Waals surface area contributed by atoms with Gasteiger partial charge in [0.25, 0.3) is 10.0 Å². The van der Waals surface area contributed by atoms with Gasteiger partial charge < -0.3 is 4.42 Å². The van der Waals surface area contributed by atoms with E-state index in [-0.39, 0.29) is 4.90 Å². The highest BCUT2D eigenvalue weighted by Crippen LogP contribution is 2.24. The van der Waals surface area contributed by atoms with Crippen LogP contribution in [0.2, 0.25) is 0 Å². The van der Waals surface area contributed by atoms with Crippen LogP contribution in [-0.4, -0.2) is 20.0 Å². The lowest BCUT2D eigenvalue weighted by atomic mass is 10.3. The summed E-state index contributed by atoms with van der Waals surface area (Å²) in [4.78, 5) is 11.6. The monoisotopic (exact) mass is 318 g/mol. The third-order valence-corrected chi connectivity index (χ3v) is 5.32. The van der Waals surface area contributed by atoms with E-state index in [0.717, 1.165) is 0 Å². The maximum Gasteiger partial charge on any atom is 0.419 e. The molecule has 22 heavy (non-hydrogen) atoms. The summed E-state index contributed by atoms with van der Waals surface area (Å²) in [5.41, 5.74) is 1.35. The number of fused-ring (bicyclic) bond motifs is 1. The standard InChI is InChI=1S/C15H14N2O4S/c1-16-13-10-12(8-9-14(13)21-15(16)18)22(19,20)17(2)11-6-4-3-5-7-11/h3-10H,1-2H3. The van der Waals surface area contributed by atoms with Crippen LogP contribution in [0.5, 0.6) is 0 Å². The van der Waals surface area contributed by atoms with E-state index in [1.807, 2.05) is 6.07 Å². The van der Waals surface area contributed by atoms with Crippen molar-refractivity contribution < 1.29 is 12.8 Å². The van der Waals surface area contributed by atoms with Gasteiger partial charge in [-0.15, -0.1) is 0 Å². The molecule has 0 saturated carbocycles. The second kappa shape index (κ2) is 5.03. The van der Waals surface area contributed by atoms with Gasteiger partial charge in [-0.3, -0.25) is 8.87 Å². The van der Waals surface area contributed by atoms with Crippen LogP contribution in [0.3, 0.4) is 0 Å². The van der Waals surface area contributed by atoms with Crippen molar-refractivity contribution in [2.45, 2.75) is 4.90 Å². The molecular weight excluding hydrogens is 304 g/mol. The number of hydrogen-bond donors (Lipinski definition) is 0. The first kappa shape index (κ1) is 14.4. The summed E-state index contributed by atoms with van der Waals surface area (Å²) < 4.78 is 32.9. The molecule has 7 heteroatoms. The predicted octanol–water partition coefficient (Wildman–Crippen LogP) is 1.96. The first-order valence-corrected chi connectivity index (χ1v) is 7.99. The molecule has 114 valence electrons. The Balaban J connectivity index is 2.13. The Labute approximate surface area is 127 Å². The lowest BCUT2D eigenvalue weighted by Crippen LogP contribution is -2.26. The van der Waals surface area contributed by atoms with Crippen molar-refractivity contribution in [1.29, 1.82) is 0 Å². The fraction of sp³-hybridized carbons (Fsp3) is 0.133. The number of anilines is 1. The van der Waals surface area contributed by atoms with Crippen molar-refractivity contribution in [3.8, 4) is 0 Å². The molecule has 0 aliphatic rings. The molecule has 6 nitrogen and oxygen atoms in total. The zero-order chi connectivity index (χ0) is 15.9. The van der Waals surface area contributed by atoms with Gasteiger partial charge in [0, 0.05) is 14.1 Å². The number of aryl methyl sites for hydroxylation is 1. The van der Waals surface area contributed by atoms with Gasteiger partial charge in [0.2, 0.25) is 0 Å². The first-order chi connectivity index (χ1) is 10.4. The Hall–Kier alpha value is -2.54. The molecule has 1 aromatic heterocycles.